The summed E-state index contributed by atoms with van der Waals surface area (Å²) >= 11 is 0. The van der Waals surface area contributed by atoms with Crippen LogP contribution >= 0.6 is 0 Å². The third kappa shape index (κ3) is 2.06. The Bertz CT molecular complexity index is 187. The summed E-state index contributed by atoms with van der Waals surface area (Å²) in [6, 6.07) is 1.93. The van der Waals surface area contributed by atoms with Crippen LogP contribution in [0, 0.1) is 0 Å². The Hall–Kier alpha value is -0.800. The molecule has 0 aliphatic carbocycles. The molecule has 3 heteroatoms. The third-order valence-corrected chi connectivity index (χ3v) is 1.47. The highest BCUT2D eigenvalue weighted by Gasteiger charge is 2.03. The standard InChI is InChI=1S/C8H13NO2/c1-9-5-8-7(6-10-2)3-4-11-8/h3-4,9H,5-6H2,1-2H3. The summed E-state index contributed by atoms with van der Waals surface area (Å²) in [6.07, 6.45) is 1.68. The molecule has 62 valence electrons. The highest BCUT2D eigenvalue weighted by Crippen LogP contribution is 2.10. The van der Waals surface area contributed by atoms with Gasteiger partial charge in [0.1, 0.15) is 5.76 Å². The highest BCUT2D eigenvalue weighted by atomic mass is 16.5. The summed E-state index contributed by atoms with van der Waals surface area (Å²) in [5.41, 5.74) is 1.11. The van der Waals surface area contributed by atoms with Crippen LogP contribution < -0.4 is 5.32 Å². The molecule has 0 amide bonds. The van der Waals surface area contributed by atoms with Gasteiger partial charge in [0, 0.05) is 12.7 Å². The molecule has 0 unspecified atom stereocenters. The number of nitrogens with one attached hydrogen (secondary N) is 1. The average molecular weight is 155 g/mol. The number of hydrogen-bond acceptors (Lipinski definition) is 3. The van der Waals surface area contributed by atoms with E-state index >= 15 is 0 Å². The van der Waals surface area contributed by atoms with Crippen molar-refractivity contribution in [3.8, 4) is 0 Å². The van der Waals surface area contributed by atoms with Gasteiger partial charge in [-0.2, -0.15) is 0 Å². The Labute approximate surface area is 66.3 Å². The summed E-state index contributed by atoms with van der Waals surface area (Å²) in [6.45, 7) is 1.37. The van der Waals surface area contributed by atoms with Crippen LogP contribution in [0.1, 0.15) is 11.3 Å². The molecule has 11 heavy (non-hydrogen) atoms. The van der Waals surface area contributed by atoms with Crippen LogP contribution in [0.15, 0.2) is 16.7 Å². The molecular formula is C8H13NO2. The maximum Gasteiger partial charge on any atom is 0.123 e. The second kappa shape index (κ2) is 4.16. The molecule has 1 N–H and O–H groups in total. The second-order valence-electron chi connectivity index (χ2n) is 2.33. The Morgan fingerprint density at radius 3 is 3.09 bits per heavy atom. The number of methoxy groups -OCH3 is 1. The van der Waals surface area contributed by atoms with E-state index in [4.69, 9.17) is 9.15 Å². The van der Waals surface area contributed by atoms with Crippen LogP contribution in [0.2, 0.25) is 0 Å². The molecule has 0 radical (unpaired) electrons. The van der Waals surface area contributed by atoms with Gasteiger partial charge in [-0.3, -0.25) is 0 Å². The Morgan fingerprint density at radius 1 is 1.64 bits per heavy atom. The lowest BCUT2D eigenvalue weighted by Gasteiger charge is -1.99. The van der Waals surface area contributed by atoms with Gasteiger partial charge in [0.25, 0.3) is 0 Å². The van der Waals surface area contributed by atoms with Crippen molar-refractivity contribution in [3.05, 3.63) is 23.7 Å². The first-order valence-corrected chi connectivity index (χ1v) is 3.57. The lowest BCUT2D eigenvalue weighted by atomic mass is 10.2. The molecule has 1 aromatic heterocycles. The van der Waals surface area contributed by atoms with Crippen LogP contribution in [0.5, 0.6) is 0 Å². The molecule has 0 bridgehead atoms. The molecule has 0 saturated heterocycles. The summed E-state index contributed by atoms with van der Waals surface area (Å²) in [7, 11) is 3.56. The minimum Gasteiger partial charge on any atom is -0.468 e. The first-order valence-electron chi connectivity index (χ1n) is 3.57. The molecule has 1 aromatic rings. The fourth-order valence-corrected chi connectivity index (χ4v) is 0.967. The number of rotatable bonds is 4. The van der Waals surface area contributed by atoms with Crippen LogP contribution in [0.25, 0.3) is 0 Å². The Balaban J connectivity index is 2.62. The molecule has 0 saturated carbocycles. The summed E-state index contributed by atoms with van der Waals surface area (Å²) in [5, 5.41) is 3.02. The van der Waals surface area contributed by atoms with E-state index in [0.717, 1.165) is 17.9 Å². The Morgan fingerprint density at radius 2 is 2.45 bits per heavy atom. The molecule has 0 aliphatic heterocycles. The van der Waals surface area contributed by atoms with Gasteiger partial charge in [-0.15, -0.1) is 0 Å². The van der Waals surface area contributed by atoms with E-state index in [-0.39, 0.29) is 0 Å². The summed E-state index contributed by atoms with van der Waals surface area (Å²) in [5.74, 6) is 0.953. The van der Waals surface area contributed by atoms with Crippen molar-refractivity contribution in [2.45, 2.75) is 13.2 Å². The second-order valence-corrected chi connectivity index (χ2v) is 2.33. The first kappa shape index (κ1) is 8.30. The smallest absolute Gasteiger partial charge is 0.123 e. The van der Waals surface area contributed by atoms with Crippen molar-refractivity contribution < 1.29 is 9.15 Å². The van der Waals surface area contributed by atoms with E-state index in [1.165, 1.54) is 0 Å². The predicted octanol–water partition coefficient (Wildman–Crippen LogP) is 1.15. The number of furan rings is 1. The molecule has 0 spiro atoms. The summed E-state index contributed by atoms with van der Waals surface area (Å²) in [4.78, 5) is 0. The van der Waals surface area contributed by atoms with Gasteiger partial charge in [0.2, 0.25) is 0 Å². The van der Waals surface area contributed by atoms with Crippen LogP contribution in [0.3, 0.4) is 0 Å². The lowest BCUT2D eigenvalue weighted by Crippen LogP contribution is -2.06. The van der Waals surface area contributed by atoms with E-state index < -0.39 is 0 Å². The average Bonchev–Trinajstić information content (AvgIpc) is 2.39. The lowest BCUT2D eigenvalue weighted by molar-refractivity contribution is 0.183. The van der Waals surface area contributed by atoms with Gasteiger partial charge >= 0.3 is 0 Å². The minimum atomic E-state index is 0.619. The first-order chi connectivity index (χ1) is 5.38. The van der Waals surface area contributed by atoms with Crippen molar-refractivity contribution in [3.63, 3.8) is 0 Å². The number of ether oxygens (including phenoxy) is 1. The van der Waals surface area contributed by atoms with Gasteiger partial charge in [0.05, 0.1) is 19.4 Å². The molecule has 0 aromatic carbocycles. The normalized spacial score (nSPS) is 10.4. The molecule has 3 nitrogen and oxygen atoms in total. The zero-order valence-electron chi connectivity index (χ0n) is 6.89. The van der Waals surface area contributed by atoms with E-state index in [0.29, 0.717) is 6.61 Å². The van der Waals surface area contributed by atoms with Crippen molar-refractivity contribution in [2.24, 2.45) is 0 Å². The van der Waals surface area contributed by atoms with Crippen molar-refractivity contribution in [1.82, 2.24) is 5.32 Å². The van der Waals surface area contributed by atoms with Crippen molar-refractivity contribution in [1.29, 1.82) is 0 Å². The van der Waals surface area contributed by atoms with Crippen molar-refractivity contribution >= 4 is 0 Å². The quantitative estimate of drug-likeness (QED) is 0.708. The van der Waals surface area contributed by atoms with Crippen LogP contribution in [-0.2, 0) is 17.9 Å². The van der Waals surface area contributed by atoms with E-state index in [2.05, 4.69) is 5.32 Å². The predicted molar refractivity (Wildman–Crippen MR) is 42.2 cm³/mol. The molecule has 0 atom stereocenters. The van der Waals surface area contributed by atoms with Gasteiger partial charge in [-0.1, -0.05) is 0 Å². The monoisotopic (exact) mass is 155 g/mol. The topological polar surface area (TPSA) is 34.4 Å². The zero-order valence-corrected chi connectivity index (χ0v) is 6.89. The largest absolute Gasteiger partial charge is 0.468 e. The fraction of sp³-hybridized carbons (Fsp3) is 0.500. The van der Waals surface area contributed by atoms with Gasteiger partial charge in [0.15, 0.2) is 0 Å². The van der Waals surface area contributed by atoms with Gasteiger partial charge in [-0.05, 0) is 13.1 Å². The van der Waals surface area contributed by atoms with Crippen LogP contribution in [0.4, 0.5) is 0 Å². The molecular weight excluding hydrogens is 142 g/mol. The van der Waals surface area contributed by atoms with Crippen molar-refractivity contribution in [2.75, 3.05) is 14.2 Å². The van der Waals surface area contributed by atoms with E-state index in [9.17, 15) is 0 Å². The van der Waals surface area contributed by atoms with Gasteiger partial charge in [-0.25, -0.2) is 0 Å². The fourth-order valence-electron chi connectivity index (χ4n) is 0.967. The molecule has 1 rings (SSSR count). The molecule has 0 fully saturated rings. The zero-order chi connectivity index (χ0) is 8.10. The third-order valence-electron chi connectivity index (χ3n) is 1.47. The minimum absolute atomic E-state index is 0.619. The number of hydrogen-bond donors (Lipinski definition) is 1. The molecule has 0 aliphatic rings. The maximum atomic E-state index is 5.22. The highest BCUT2D eigenvalue weighted by molar-refractivity contribution is 5.15. The van der Waals surface area contributed by atoms with Gasteiger partial charge < -0.3 is 14.5 Å². The van der Waals surface area contributed by atoms with Crippen LogP contribution in [-0.4, -0.2) is 14.2 Å². The van der Waals surface area contributed by atoms with E-state index in [1.54, 1.807) is 13.4 Å². The maximum absolute atomic E-state index is 5.22. The molecule has 1 heterocycles. The summed E-state index contributed by atoms with van der Waals surface area (Å²) < 4.78 is 10.2. The SMILES string of the molecule is CNCc1occc1COC. The van der Waals surface area contributed by atoms with E-state index in [1.807, 2.05) is 13.1 Å². The Kier molecular flexibility index (Phi) is 3.14.